The highest BCUT2D eigenvalue weighted by Gasteiger charge is 2.34. The van der Waals surface area contributed by atoms with Gasteiger partial charge < -0.3 is 14.7 Å². The number of aromatic nitrogens is 6. The fourth-order valence-corrected chi connectivity index (χ4v) is 4.87. The number of aryl methyl sites for hydroxylation is 2. The van der Waals surface area contributed by atoms with Crippen LogP contribution >= 0.6 is 0 Å². The van der Waals surface area contributed by atoms with Crippen LogP contribution in [0.15, 0.2) is 24.4 Å². The van der Waals surface area contributed by atoms with Crippen LogP contribution in [-0.4, -0.2) is 54.0 Å². The smallest absolute Gasteiger partial charge is 0.228 e. The van der Waals surface area contributed by atoms with E-state index in [2.05, 4.69) is 15.1 Å². The van der Waals surface area contributed by atoms with E-state index in [0.29, 0.717) is 47.6 Å². The number of hydrogen-bond donors (Lipinski definition) is 1. The SMILES string of the molecule is Cc1nc2nc(N3C[C@@H](C)O[C@@H](c4cnn(C5CC5)c4CO)C3)nc(-c3ccc(F)cc3F)c2nc1C. The number of morpholine rings is 1. The normalized spacial score (nSPS) is 20.1. The molecule has 1 aliphatic carbocycles. The highest BCUT2D eigenvalue weighted by molar-refractivity contribution is 5.88. The number of fused-ring (bicyclic) bond motifs is 1. The number of rotatable bonds is 5. The first-order valence-electron chi connectivity index (χ1n) is 12.4. The lowest BCUT2D eigenvalue weighted by atomic mass is 10.1. The molecule has 0 radical (unpaired) electrons. The average Bonchev–Trinajstić information content (AvgIpc) is 3.62. The third-order valence-electron chi connectivity index (χ3n) is 6.98. The van der Waals surface area contributed by atoms with Gasteiger partial charge in [-0.05, 0) is 45.7 Å². The first-order chi connectivity index (χ1) is 17.8. The van der Waals surface area contributed by atoms with Crippen molar-refractivity contribution in [1.82, 2.24) is 29.7 Å². The molecule has 1 aromatic carbocycles. The number of halogens is 2. The van der Waals surface area contributed by atoms with Gasteiger partial charge in [0.2, 0.25) is 5.95 Å². The molecule has 11 heteroatoms. The maximum atomic E-state index is 14.9. The molecule has 0 spiro atoms. The second-order valence-corrected chi connectivity index (χ2v) is 9.78. The molecule has 0 amide bonds. The van der Waals surface area contributed by atoms with Gasteiger partial charge in [0.15, 0.2) is 5.65 Å². The van der Waals surface area contributed by atoms with Crippen molar-refractivity contribution in [3.05, 3.63) is 58.7 Å². The molecule has 37 heavy (non-hydrogen) atoms. The molecule has 2 fully saturated rings. The second-order valence-electron chi connectivity index (χ2n) is 9.78. The van der Waals surface area contributed by atoms with Crippen molar-refractivity contribution in [2.24, 2.45) is 0 Å². The van der Waals surface area contributed by atoms with Gasteiger partial charge in [0, 0.05) is 23.7 Å². The Bertz CT molecular complexity index is 1500. The zero-order valence-corrected chi connectivity index (χ0v) is 20.8. The van der Waals surface area contributed by atoms with Gasteiger partial charge in [-0.25, -0.2) is 23.7 Å². The second kappa shape index (κ2) is 9.07. The van der Waals surface area contributed by atoms with E-state index in [1.54, 1.807) is 6.20 Å². The number of benzene rings is 1. The lowest BCUT2D eigenvalue weighted by Gasteiger charge is -2.37. The van der Waals surface area contributed by atoms with Crippen LogP contribution in [0.1, 0.15) is 54.6 Å². The van der Waals surface area contributed by atoms with Crippen LogP contribution in [0.2, 0.25) is 0 Å². The summed E-state index contributed by atoms with van der Waals surface area (Å²) >= 11 is 0. The summed E-state index contributed by atoms with van der Waals surface area (Å²) in [7, 11) is 0. The van der Waals surface area contributed by atoms with Gasteiger partial charge in [0.05, 0.1) is 48.6 Å². The number of hydrogen-bond acceptors (Lipinski definition) is 8. The standard InChI is InChI=1S/C26H27F2N7O2/c1-13-10-34(11-22(37-13)19-9-29-35(17-5-6-17)21(19)12-36)26-32-23(18-7-4-16(27)8-20(18)28)24-25(33-26)31-15(3)14(2)30-24/h4,7-9,13,17,22,36H,5-6,10-12H2,1-3H3/t13-,22-/m1/s1. The van der Waals surface area contributed by atoms with Crippen molar-refractivity contribution >= 4 is 17.1 Å². The predicted molar refractivity (Wildman–Crippen MR) is 132 cm³/mol. The van der Waals surface area contributed by atoms with Crippen molar-refractivity contribution < 1.29 is 18.6 Å². The Kier molecular flexibility index (Phi) is 5.84. The molecule has 1 saturated carbocycles. The number of aliphatic hydroxyl groups is 1. The summed E-state index contributed by atoms with van der Waals surface area (Å²) in [6.07, 6.45) is 3.33. The Morgan fingerprint density at radius 2 is 1.84 bits per heavy atom. The molecular formula is C26H27F2N7O2. The molecule has 2 aliphatic rings. The Labute approximate surface area is 212 Å². The van der Waals surface area contributed by atoms with Crippen LogP contribution in [0.3, 0.4) is 0 Å². The number of anilines is 1. The van der Waals surface area contributed by atoms with Crippen LogP contribution < -0.4 is 4.90 Å². The molecule has 4 heterocycles. The Hall–Kier alpha value is -3.57. The van der Waals surface area contributed by atoms with E-state index >= 15 is 0 Å². The molecule has 2 atom stereocenters. The largest absolute Gasteiger partial charge is 0.390 e. The van der Waals surface area contributed by atoms with E-state index in [-0.39, 0.29) is 30.1 Å². The Morgan fingerprint density at radius 3 is 2.57 bits per heavy atom. The molecule has 192 valence electrons. The van der Waals surface area contributed by atoms with Crippen molar-refractivity contribution in [3.63, 3.8) is 0 Å². The van der Waals surface area contributed by atoms with Gasteiger partial charge in [-0.3, -0.25) is 4.68 Å². The van der Waals surface area contributed by atoms with E-state index in [9.17, 15) is 13.9 Å². The maximum absolute atomic E-state index is 14.9. The monoisotopic (exact) mass is 507 g/mol. The first kappa shape index (κ1) is 23.8. The minimum absolute atomic E-state index is 0.124. The lowest BCUT2D eigenvalue weighted by Crippen LogP contribution is -2.44. The van der Waals surface area contributed by atoms with Crippen LogP contribution in [0, 0.1) is 25.5 Å². The third kappa shape index (κ3) is 4.31. The number of ether oxygens (including phenoxy) is 1. The average molecular weight is 508 g/mol. The topological polar surface area (TPSA) is 102 Å². The summed E-state index contributed by atoms with van der Waals surface area (Å²) in [6, 6.07) is 3.71. The Morgan fingerprint density at radius 1 is 1.05 bits per heavy atom. The van der Waals surface area contributed by atoms with Gasteiger partial charge in [0.25, 0.3) is 0 Å². The van der Waals surface area contributed by atoms with Crippen molar-refractivity contribution in [1.29, 1.82) is 0 Å². The van der Waals surface area contributed by atoms with E-state index in [1.165, 1.54) is 12.1 Å². The minimum atomic E-state index is -0.737. The van der Waals surface area contributed by atoms with Gasteiger partial charge in [-0.15, -0.1) is 0 Å². The zero-order valence-electron chi connectivity index (χ0n) is 20.8. The number of aliphatic hydroxyl groups excluding tert-OH is 1. The van der Waals surface area contributed by atoms with Gasteiger partial charge >= 0.3 is 0 Å². The predicted octanol–water partition coefficient (Wildman–Crippen LogP) is 3.97. The van der Waals surface area contributed by atoms with Gasteiger partial charge in [-0.2, -0.15) is 10.1 Å². The molecule has 1 N–H and O–H groups in total. The molecule has 0 unspecified atom stereocenters. The molecule has 0 bridgehead atoms. The fourth-order valence-electron chi connectivity index (χ4n) is 4.87. The minimum Gasteiger partial charge on any atom is -0.390 e. The van der Waals surface area contributed by atoms with E-state index in [0.717, 1.165) is 30.2 Å². The maximum Gasteiger partial charge on any atom is 0.228 e. The quantitative estimate of drug-likeness (QED) is 0.433. The Balaban J connectivity index is 1.44. The third-order valence-corrected chi connectivity index (χ3v) is 6.98. The fraction of sp³-hybridized carbons (Fsp3) is 0.423. The highest BCUT2D eigenvalue weighted by atomic mass is 19.1. The first-order valence-corrected chi connectivity index (χ1v) is 12.4. The summed E-state index contributed by atoms with van der Waals surface area (Å²) in [5, 5.41) is 14.6. The van der Waals surface area contributed by atoms with Crippen molar-refractivity contribution in [2.75, 3.05) is 18.0 Å². The van der Waals surface area contributed by atoms with Gasteiger partial charge in [-0.1, -0.05) is 0 Å². The molecule has 3 aromatic heterocycles. The summed E-state index contributed by atoms with van der Waals surface area (Å²) in [6.45, 7) is 6.38. The van der Waals surface area contributed by atoms with E-state index in [1.807, 2.05) is 30.4 Å². The summed E-state index contributed by atoms with van der Waals surface area (Å²) in [5.41, 5.74) is 4.03. The van der Waals surface area contributed by atoms with Gasteiger partial charge in [0.1, 0.15) is 28.9 Å². The van der Waals surface area contributed by atoms with Crippen molar-refractivity contribution in [2.45, 2.75) is 58.5 Å². The molecule has 4 aromatic rings. The highest BCUT2D eigenvalue weighted by Crippen LogP contribution is 2.38. The zero-order chi connectivity index (χ0) is 25.8. The number of nitrogens with zero attached hydrogens (tertiary/aromatic N) is 7. The van der Waals surface area contributed by atoms with Crippen LogP contribution in [0.5, 0.6) is 0 Å². The molecule has 1 saturated heterocycles. The molecule has 1 aliphatic heterocycles. The van der Waals surface area contributed by atoms with Crippen LogP contribution in [0.25, 0.3) is 22.4 Å². The molecule has 6 rings (SSSR count). The lowest BCUT2D eigenvalue weighted by molar-refractivity contribution is -0.0188. The summed E-state index contributed by atoms with van der Waals surface area (Å²) in [5.74, 6) is -1.06. The van der Waals surface area contributed by atoms with E-state index in [4.69, 9.17) is 14.7 Å². The summed E-state index contributed by atoms with van der Waals surface area (Å²) < 4.78 is 36.7. The van der Waals surface area contributed by atoms with Crippen molar-refractivity contribution in [3.8, 4) is 11.3 Å². The van der Waals surface area contributed by atoms with E-state index < -0.39 is 11.6 Å². The summed E-state index contributed by atoms with van der Waals surface area (Å²) in [4.78, 5) is 20.6. The molecule has 9 nitrogen and oxygen atoms in total. The molecular weight excluding hydrogens is 480 g/mol. The van der Waals surface area contributed by atoms with Crippen LogP contribution in [0.4, 0.5) is 14.7 Å². The van der Waals surface area contributed by atoms with Crippen LogP contribution in [-0.2, 0) is 11.3 Å².